The maximum atomic E-state index is 14.7. The molecule has 56 heavy (non-hydrogen) atoms. The van der Waals surface area contributed by atoms with Crippen molar-refractivity contribution in [2.75, 3.05) is 6.54 Å². The molecule has 2 aliphatic heterocycles. The number of esters is 1. The molecule has 4 heterocycles. The first-order valence-corrected chi connectivity index (χ1v) is 21.4. The Morgan fingerprint density at radius 2 is 1.84 bits per heavy atom. The Morgan fingerprint density at radius 1 is 1.11 bits per heavy atom. The third-order valence-corrected chi connectivity index (χ3v) is 14.9. The predicted molar refractivity (Wildman–Crippen MR) is 200 cm³/mol. The van der Waals surface area contributed by atoms with Crippen LogP contribution in [-0.4, -0.2) is 82.1 Å². The van der Waals surface area contributed by atoms with Crippen LogP contribution in [0.2, 0.25) is 0 Å². The highest BCUT2D eigenvalue weighted by molar-refractivity contribution is 7.91. The van der Waals surface area contributed by atoms with Gasteiger partial charge in [0, 0.05) is 42.2 Å². The SMILES string of the molecule is C[C@H]1CC/C=C\[C@@H]2C[C@@]2(C(=O)NS(=O)(=O)C2(C)CC2)CC(=O)[C@@H]2C[C@@H](Oc3cc(-c4nccs4)ccn3)CN2C(=O)[C@@H](CC(=O)OC(C)(C)C(F)(F)F)[C@H](C)C1. The quantitative estimate of drug-likeness (QED) is 0.221. The van der Waals surface area contributed by atoms with E-state index in [4.69, 9.17) is 9.47 Å². The number of nitrogens with zero attached hydrogens (tertiary/aromatic N) is 3. The maximum Gasteiger partial charge on any atom is 0.427 e. The van der Waals surface area contributed by atoms with Gasteiger partial charge in [-0.3, -0.25) is 23.9 Å². The molecule has 17 heteroatoms. The van der Waals surface area contributed by atoms with E-state index >= 15 is 0 Å². The number of thiazole rings is 1. The van der Waals surface area contributed by atoms with Crippen molar-refractivity contribution in [2.24, 2.45) is 29.1 Å². The summed E-state index contributed by atoms with van der Waals surface area (Å²) in [6.45, 7) is 6.67. The van der Waals surface area contributed by atoms with E-state index in [0.29, 0.717) is 32.1 Å². The molecule has 3 fully saturated rings. The van der Waals surface area contributed by atoms with Crippen molar-refractivity contribution in [2.45, 2.75) is 121 Å². The largest absolute Gasteiger partial charge is 0.472 e. The molecule has 12 nitrogen and oxygen atoms in total. The smallest absolute Gasteiger partial charge is 0.427 e. The van der Waals surface area contributed by atoms with E-state index in [1.807, 2.05) is 24.5 Å². The number of nitrogens with one attached hydrogen (secondary N) is 1. The minimum Gasteiger partial charge on any atom is -0.472 e. The van der Waals surface area contributed by atoms with Crippen molar-refractivity contribution in [3.05, 3.63) is 42.1 Å². The summed E-state index contributed by atoms with van der Waals surface area (Å²) in [7, 11) is -4.02. The number of halogens is 3. The summed E-state index contributed by atoms with van der Waals surface area (Å²) >= 11 is 1.42. The van der Waals surface area contributed by atoms with Gasteiger partial charge in [0.25, 0.3) is 0 Å². The van der Waals surface area contributed by atoms with Crippen molar-refractivity contribution in [1.82, 2.24) is 19.6 Å². The molecule has 0 bridgehead atoms. The topological polar surface area (TPSA) is 162 Å². The Hall–Kier alpha value is -3.86. The zero-order valence-electron chi connectivity index (χ0n) is 32.1. The van der Waals surface area contributed by atoms with Gasteiger partial charge in [0.2, 0.25) is 33.3 Å². The number of aromatic nitrogens is 2. The molecule has 306 valence electrons. The van der Waals surface area contributed by atoms with Crippen LogP contribution in [0.25, 0.3) is 10.6 Å². The Labute approximate surface area is 329 Å². The molecule has 2 amide bonds. The van der Waals surface area contributed by atoms with E-state index < -0.39 is 91.8 Å². The van der Waals surface area contributed by atoms with Crippen LogP contribution in [0.4, 0.5) is 13.2 Å². The Morgan fingerprint density at radius 3 is 2.50 bits per heavy atom. The fraction of sp³-hybridized carbons (Fsp3) is 0.641. The summed E-state index contributed by atoms with van der Waals surface area (Å²) in [6.07, 6.45) is 3.09. The molecule has 6 rings (SSSR count). The Kier molecular flexibility index (Phi) is 11.5. The van der Waals surface area contributed by atoms with Gasteiger partial charge in [-0.25, -0.2) is 18.4 Å². The number of carbonyl (C=O) groups is 4. The highest BCUT2D eigenvalue weighted by atomic mass is 32.2. The van der Waals surface area contributed by atoms with Crippen LogP contribution >= 0.6 is 11.3 Å². The van der Waals surface area contributed by atoms with Gasteiger partial charge in [-0.2, -0.15) is 13.2 Å². The van der Waals surface area contributed by atoms with Crippen LogP contribution in [-0.2, 0) is 33.9 Å². The van der Waals surface area contributed by atoms with Crippen LogP contribution in [0.1, 0.15) is 92.4 Å². The number of rotatable bonds is 9. The van der Waals surface area contributed by atoms with Gasteiger partial charge in [-0.05, 0) is 83.1 Å². The summed E-state index contributed by atoms with van der Waals surface area (Å²) in [5.41, 5.74) is -3.43. The van der Waals surface area contributed by atoms with Crippen LogP contribution in [0, 0.1) is 29.1 Å². The predicted octanol–water partition coefficient (Wildman–Crippen LogP) is 6.42. The molecule has 2 aliphatic carbocycles. The van der Waals surface area contributed by atoms with E-state index in [9.17, 15) is 40.8 Å². The van der Waals surface area contributed by atoms with Gasteiger partial charge in [-0.15, -0.1) is 11.3 Å². The number of fused-ring (bicyclic) bond motifs is 2. The third-order valence-electron chi connectivity index (χ3n) is 11.9. The lowest BCUT2D eigenvalue weighted by atomic mass is 9.82. The summed E-state index contributed by atoms with van der Waals surface area (Å²) in [5, 5.41) is 2.55. The van der Waals surface area contributed by atoms with Crippen LogP contribution in [0.3, 0.4) is 0 Å². The zero-order valence-corrected chi connectivity index (χ0v) is 33.8. The van der Waals surface area contributed by atoms with E-state index in [1.54, 1.807) is 38.4 Å². The van der Waals surface area contributed by atoms with Gasteiger partial charge in [0.15, 0.2) is 5.78 Å². The normalized spacial score (nSPS) is 30.2. The molecule has 7 atom stereocenters. The molecule has 0 radical (unpaired) electrons. The number of amides is 2. The van der Waals surface area contributed by atoms with Crippen LogP contribution in [0.5, 0.6) is 5.88 Å². The fourth-order valence-corrected chi connectivity index (χ4v) is 9.76. The Balaban J connectivity index is 1.33. The number of allylic oxidation sites excluding steroid dienone is 2. The Bertz CT molecular complexity index is 1970. The minimum atomic E-state index is -4.86. The first-order chi connectivity index (χ1) is 26.1. The van der Waals surface area contributed by atoms with Crippen molar-refractivity contribution in [3.8, 4) is 16.5 Å². The highest BCUT2D eigenvalue weighted by Gasteiger charge is 2.63. The number of alkyl halides is 3. The summed E-state index contributed by atoms with van der Waals surface area (Å²) in [4.78, 5) is 66.4. The van der Waals surface area contributed by atoms with E-state index in [2.05, 4.69) is 14.7 Å². The number of hydrogen-bond donors (Lipinski definition) is 1. The maximum absolute atomic E-state index is 14.7. The van der Waals surface area contributed by atoms with Crippen LogP contribution < -0.4 is 9.46 Å². The van der Waals surface area contributed by atoms with Crippen molar-refractivity contribution in [1.29, 1.82) is 0 Å². The summed E-state index contributed by atoms with van der Waals surface area (Å²) < 4.78 is 79.9. The molecule has 4 aliphatic rings. The van der Waals surface area contributed by atoms with Gasteiger partial charge in [0.1, 0.15) is 11.1 Å². The molecule has 2 aromatic heterocycles. The van der Waals surface area contributed by atoms with Gasteiger partial charge in [0.05, 0.1) is 35.1 Å². The number of ketones is 1. The number of ether oxygens (including phenoxy) is 2. The van der Waals surface area contributed by atoms with E-state index in [-0.39, 0.29) is 37.6 Å². The lowest BCUT2D eigenvalue weighted by Crippen LogP contribution is -2.48. The first-order valence-electron chi connectivity index (χ1n) is 19.0. The molecule has 0 spiro atoms. The minimum absolute atomic E-state index is 0.00857. The van der Waals surface area contributed by atoms with Gasteiger partial charge < -0.3 is 14.4 Å². The van der Waals surface area contributed by atoms with E-state index in [1.165, 1.54) is 16.2 Å². The molecule has 1 saturated heterocycles. The number of Topliss-reactive ketones (excluding diaryl/α,β-unsaturated/α-hetero) is 1. The molecule has 2 saturated carbocycles. The second kappa shape index (κ2) is 15.5. The molecular formula is C39H49F3N4O8S2. The van der Waals surface area contributed by atoms with Crippen molar-refractivity contribution < 1.29 is 50.2 Å². The monoisotopic (exact) mass is 822 g/mol. The number of sulfonamides is 1. The van der Waals surface area contributed by atoms with Crippen molar-refractivity contribution in [3.63, 3.8) is 0 Å². The molecule has 0 aromatic carbocycles. The second-order valence-corrected chi connectivity index (χ2v) is 19.9. The van der Waals surface area contributed by atoms with E-state index in [0.717, 1.165) is 24.4 Å². The highest BCUT2D eigenvalue weighted by Crippen LogP contribution is 2.58. The second-order valence-electron chi connectivity index (χ2n) is 16.8. The average molecular weight is 823 g/mol. The standard InChI is InChI=1S/C39H49F3N4O8S2/c1-23-8-6-7-9-26-20-38(26,35(50)45-56(51,52)37(5)11-12-37)21-30(47)29-18-27(53-31-17-25(10-13-43-31)33-44-14-15-55-33)22-46(29)34(49)28(24(2)16-23)19-32(48)54-36(3,4)39(40,41)42/h7,9-10,13-15,17,23-24,26-29H,6,8,11-12,16,18-22H2,1-5H3,(H,45,50)/b9-7-/t23-,24+,26+,27+,28-,29-,38+/m0/s1. The lowest BCUT2D eigenvalue weighted by molar-refractivity contribution is -0.257. The lowest BCUT2D eigenvalue weighted by Gasteiger charge is -2.33. The molecule has 2 aromatic rings. The summed E-state index contributed by atoms with van der Waals surface area (Å²) in [6, 6.07) is 2.30. The number of hydrogen-bond acceptors (Lipinski definition) is 11. The first kappa shape index (κ1) is 41.8. The molecule has 1 N–H and O–H groups in total. The van der Waals surface area contributed by atoms with Gasteiger partial charge >= 0.3 is 12.1 Å². The molecular weight excluding hydrogens is 774 g/mol. The average Bonchev–Trinajstić information content (AvgIpc) is 3.86. The third kappa shape index (κ3) is 8.82. The fourth-order valence-electron chi connectivity index (χ4n) is 7.79. The number of carbonyl (C=O) groups excluding carboxylic acids is 4. The number of pyridine rings is 1. The molecule has 0 unspecified atom stereocenters. The van der Waals surface area contributed by atoms with Gasteiger partial charge in [-0.1, -0.05) is 26.0 Å². The van der Waals surface area contributed by atoms with Crippen molar-refractivity contribution >= 4 is 44.9 Å². The van der Waals surface area contributed by atoms with Crippen LogP contribution in [0.15, 0.2) is 42.1 Å². The summed E-state index contributed by atoms with van der Waals surface area (Å²) in [5.74, 6) is -4.91. The zero-order chi connectivity index (χ0) is 40.8.